The lowest BCUT2D eigenvalue weighted by Crippen LogP contribution is -2.20. The Balaban J connectivity index is 1.30. The number of methoxy groups -OCH3 is 1. The maximum Gasteiger partial charge on any atom is 0.262 e. The lowest BCUT2D eigenvalue weighted by Gasteiger charge is -2.14. The molecular formula is C30H30N2O4. The van der Waals surface area contributed by atoms with Crippen molar-refractivity contribution in [2.75, 3.05) is 24.4 Å². The monoisotopic (exact) mass is 482 g/mol. The van der Waals surface area contributed by atoms with Crippen LogP contribution < -0.4 is 24.8 Å². The molecule has 0 aliphatic heterocycles. The first-order chi connectivity index (χ1) is 17.5. The largest absolute Gasteiger partial charge is 0.493 e. The maximum absolute atomic E-state index is 12.4. The fourth-order valence-electron chi connectivity index (χ4n) is 3.69. The van der Waals surface area contributed by atoms with Crippen molar-refractivity contribution in [3.8, 4) is 23.0 Å². The molecule has 0 unspecified atom stereocenters. The van der Waals surface area contributed by atoms with Gasteiger partial charge in [-0.25, -0.2) is 0 Å². The summed E-state index contributed by atoms with van der Waals surface area (Å²) >= 11 is 0. The van der Waals surface area contributed by atoms with Gasteiger partial charge in [-0.05, 0) is 79.6 Å². The summed E-state index contributed by atoms with van der Waals surface area (Å²) < 4.78 is 17.1. The number of ether oxygens (including phenoxy) is 3. The van der Waals surface area contributed by atoms with Crippen LogP contribution >= 0.6 is 0 Å². The van der Waals surface area contributed by atoms with Gasteiger partial charge >= 0.3 is 0 Å². The van der Waals surface area contributed by atoms with Gasteiger partial charge in [0.25, 0.3) is 5.91 Å². The van der Waals surface area contributed by atoms with E-state index in [1.54, 1.807) is 7.11 Å². The summed E-state index contributed by atoms with van der Waals surface area (Å²) in [7, 11) is 1.58. The highest BCUT2D eigenvalue weighted by Crippen LogP contribution is 2.29. The van der Waals surface area contributed by atoms with Gasteiger partial charge in [-0.2, -0.15) is 0 Å². The number of aryl methyl sites for hydroxylation is 2. The molecule has 36 heavy (non-hydrogen) atoms. The van der Waals surface area contributed by atoms with E-state index < -0.39 is 0 Å². The Morgan fingerprint density at radius 1 is 0.806 bits per heavy atom. The SMILES string of the molecule is COc1cc(CNc2ccc(Oc3ccccc3)cc2)ccc1OCC(=O)Nc1ccc(C)cc1C. The molecule has 0 aliphatic rings. The quantitative estimate of drug-likeness (QED) is 0.262. The van der Waals surface area contributed by atoms with E-state index in [1.807, 2.05) is 105 Å². The number of hydrogen-bond acceptors (Lipinski definition) is 5. The molecule has 4 aromatic carbocycles. The van der Waals surface area contributed by atoms with Crippen molar-refractivity contribution < 1.29 is 19.0 Å². The van der Waals surface area contributed by atoms with Crippen molar-refractivity contribution in [1.29, 1.82) is 0 Å². The van der Waals surface area contributed by atoms with E-state index in [0.29, 0.717) is 18.0 Å². The number of anilines is 2. The second-order valence-corrected chi connectivity index (χ2v) is 8.43. The summed E-state index contributed by atoms with van der Waals surface area (Å²) in [6.07, 6.45) is 0. The smallest absolute Gasteiger partial charge is 0.262 e. The average Bonchev–Trinajstić information content (AvgIpc) is 2.89. The van der Waals surface area contributed by atoms with Gasteiger partial charge in [0.2, 0.25) is 0 Å². The second kappa shape index (κ2) is 11.8. The summed E-state index contributed by atoms with van der Waals surface area (Å²) in [5, 5.41) is 6.28. The lowest BCUT2D eigenvalue weighted by molar-refractivity contribution is -0.118. The van der Waals surface area contributed by atoms with Gasteiger partial charge in [-0.3, -0.25) is 4.79 Å². The van der Waals surface area contributed by atoms with Crippen LogP contribution in [0.15, 0.2) is 91.0 Å². The van der Waals surface area contributed by atoms with E-state index in [0.717, 1.165) is 39.6 Å². The molecule has 0 atom stereocenters. The molecule has 4 rings (SSSR count). The van der Waals surface area contributed by atoms with Crippen LogP contribution in [0.4, 0.5) is 11.4 Å². The van der Waals surface area contributed by atoms with Crippen LogP contribution in [0.1, 0.15) is 16.7 Å². The number of carbonyl (C=O) groups excluding carboxylic acids is 1. The predicted molar refractivity (Wildman–Crippen MR) is 143 cm³/mol. The van der Waals surface area contributed by atoms with Crippen molar-refractivity contribution in [3.63, 3.8) is 0 Å². The minimum Gasteiger partial charge on any atom is -0.493 e. The Hall–Kier alpha value is -4.45. The van der Waals surface area contributed by atoms with E-state index in [2.05, 4.69) is 10.6 Å². The molecule has 2 N–H and O–H groups in total. The van der Waals surface area contributed by atoms with E-state index in [4.69, 9.17) is 14.2 Å². The van der Waals surface area contributed by atoms with Crippen molar-refractivity contribution in [2.24, 2.45) is 0 Å². The number of benzene rings is 4. The van der Waals surface area contributed by atoms with Crippen molar-refractivity contribution in [2.45, 2.75) is 20.4 Å². The first-order valence-corrected chi connectivity index (χ1v) is 11.7. The maximum atomic E-state index is 12.4. The topological polar surface area (TPSA) is 68.8 Å². The zero-order valence-corrected chi connectivity index (χ0v) is 20.7. The molecule has 0 aromatic heterocycles. The lowest BCUT2D eigenvalue weighted by atomic mass is 10.1. The minimum atomic E-state index is -0.227. The van der Waals surface area contributed by atoms with Gasteiger partial charge in [0.1, 0.15) is 11.5 Å². The first kappa shape index (κ1) is 24.7. The number of rotatable bonds is 10. The highest BCUT2D eigenvalue weighted by Gasteiger charge is 2.10. The molecule has 6 nitrogen and oxygen atoms in total. The third-order valence-corrected chi connectivity index (χ3v) is 5.57. The first-order valence-electron chi connectivity index (χ1n) is 11.7. The van der Waals surface area contributed by atoms with Crippen LogP contribution in [0.3, 0.4) is 0 Å². The Bertz CT molecular complexity index is 1300. The third-order valence-electron chi connectivity index (χ3n) is 5.57. The number of amides is 1. The Morgan fingerprint density at radius 2 is 1.56 bits per heavy atom. The van der Waals surface area contributed by atoms with Crippen LogP contribution in [0.25, 0.3) is 0 Å². The van der Waals surface area contributed by atoms with Gasteiger partial charge in [-0.1, -0.05) is 42.0 Å². The van der Waals surface area contributed by atoms with Crippen LogP contribution in [0.5, 0.6) is 23.0 Å². The van der Waals surface area contributed by atoms with Crippen LogP contribution in [0, 0.1) is 13.8 Å². The molecule has 0 spiro atoms. The standard InChI is InChI=1S/C30H30N2O4/c1-21-9-15-27(22(2)17-21)32-30(33)20-35-28-16-10-23(18-29(28)34-3)19-31-24-11-13-26(14-12-24)36-25-7-5-4-6-8-25/h4-18,31H,19-20H2,1-3H3,(H,32,33). The summed E-state index contributed by atoms with van der Waals surface area (Å²) in [6.45, 7) is 4.47. The predicted octanol–water partition coefficient (Wildman–Crippen LogP) is 6.73. The van der Waals surface area contributed by atoms with Gasteiger partial charge in [-0.15, -0.1) is 0 Å². The molecule has 4 aromatic rings. The van der Waals surface area contributed by atoms with Crippen LogP contribution in [0.2, 0.25) is 0 Å². The zero-order chi connectivity index (χ0) is 25.3. The number of nitrogens with one attached hydrogen (secondary N) is 2. The fourth-order valence-corrected chi connectivity index (χ4v) is 3.69. The molecule has 0 bridgehead atoms. The van der Waals surface area contributed by atoms with Crippen LogP contribution in [-0.2, 0) is 11.3 Å². The average molecular weight is 483 g/mol. The van der Waals surface area contributed by atoms with E-state index in [9.17, 15) is 4.79 Å². The fraction of sp³-hybridized carbons (Fsp3) is 0.167. The highest BCUT2D eigenvalue weighted by molar-refractivity contribution is 5.92. The molecule has 0 saturated heterocycles. The van der Waals surface area contributed by atoms with Crippen molar-refractivity contribution in [3.05, 3.63) is 108 Å². The molecular weight excluding hydrogens is 452 g/mol. The Kier molecular flexibility index (Phi) is 8.08. The van der Waals surface area contributed by atoms with Gasteiger partial charge < -0.3 is 24.8 Å². The molecule has 0 radical (unpaired) electrons. The van der Waals surface area contributed by atoms with Crippen molar-refractivity contribution >= 4 is 17.3 Å². The molecule has 0 fully saturated rings. The van der Waals surface area contributed by atoms with Crippen LogP contribution in [-0.4, -0.2) is 19.6 Å². The van der Waals surface area contributed by atoms with Gasteiger partial charge in [0, 0.05) is 17.9 Å². The minimum absolute atomic E-state index is 0.112. The van der Waals surface area contributed by atoms with E-state index in [1.165, 1.54) is 0 Å². The summed E-state index contributed by atoms with van der Waals surface area (Å²) in [6, 6.07) is 29.0. The second-order valence-electron chi connectivity index (χ2n) is 8.43. The molecule has 6 heteroatoms. The molecule has 0 heterocycles. The Labute approximate surface area is 211 Å². The summed E-state index contributed by atoms with van der Waals surface area (Å²) in [5.74, 6) is 2.43. The van der Waals surface area contributed by atoms with Gasteiger partial charge in [0.05, 0.1) is 7.11 Å². The molecule has 184 valence electrons. The summed E-state index contributed by atoms with van der Waals surface area (Å²) in [4.78, 5) is 12.4. The zero-order valence-electron chi connectivity index (χ0n) is 20.7. The summed E-state index contributed by atoms with van der Waals surface area (Å²) in [5.41, 5.74) is 4.93. The number of carbonyl (C=O) groups is 1. The number of para-hydroxylation sites is 1. The Morgan fingerprint density at radius 3 is 2.28 bits per heavy atom. The van der Waals surface area contributed by atoms with Gasteiger partial charge in [0.15, 0.2) is 18.1 Å². The molecule has 0 saturated carbocycles. The van der Waals surface area contributed by atoms with Crippen molar-refractivity contribution in [1.82, 2.24) is 0 Å². The normalized spacial score (nSPS) is 10.4. The van der Waals surface area contributed by atoms with E-state index >= 15 is 0 Å². The highest BCUT2D eigenvalue weighted by atomic mass is 16.5. The number of hydrogen-bond donors (Lipinski definition) is 2. The molecule has 0 aliphatic carbocycles. The third kappa shape index (κ3) is 6.79. The molecule has 1 amide bonds. The van der Waals surface area contributed by atoms with E-state index in [-0.39, 0.29) is 12.5 Å².